The molecule has 1 N–H and O–H groups in total. The number of carbonyl (C=O) groups excluding carboxylic acids is 1. The topological polar surface area (TPSA) is 71.4 Å². The zero-order chi connectivity index (χ0) is 21.1. The summed E-state index contributed by atoms with van der Waals surface area (Å²) < 4.78 is 50.5. The summed E-state index contributed by atoms with van der Waals surface area (Å²) in [4.78, 5) is 12.5. The number of alkyl halides is 3. The van der Waals surface area contributed by atoms with Crippen molar-refractivity contribution in [3.05, 3.63) is 59.7 Å². The lowest BCUT2D eigenvalue weighted by atomic mass is 10.1. The molecule has 2 aromatic carbocycles. The number of hydrazone groups is 1. The fourth-order valence-electron chi connectivity index (χ4n) is 2.77. The van der Waals surface area contributed by atoms with Gasteiger partial charge in [-0.1, -0.05) is 12.1 Å². The van der Waals surface area contributed by atoms with Gasteiger partial charge in [0.05, 0.1) is 6.61 Å². The molecule has 1 amide bonds. The minimum absolute atomic E-state index is 0.0421. The van der Waals surface area contributed by atoms with Crippen molar-refractivity contribution in [2.45, 2.75) is 31.9 Å². The van der Waals surface area contributed by atoms with Crippen molar-refractivity contribution in [3.63, 3.8) is 0 Å². The van der Waals surface area contributed by atoms with E-state index in [-0.39, 0.29) is 17.2 Å². The summed E-state index contributed by atoms with van der Waals surface area (Å²) in [6, 6.07) is 12.9. The molecule has 0 saturated heterocycles. The van der Waals surface area contributed by atoms with E-state index in [0.29, 0.717) is 23.7 Å². The van der Waals surface area contributed by atoms with E-state index in [2.05, 4.69) is 5.10 Å². The van der Waals surface area contributed by atoms with Crippen LogP contribution in [0, 0.1) is 0 Å². The van der Waals surface area contributed by atoms with Gasteiger partial charge in [-0.05, 0) is 48.9 Å². The molecule has 2 aromatic rings. The monoisotopic (exact) mass is 408 g/mol. The molecule has 0 bridgehead atoms. The molecule has 0 radical (unpaired) electrons. The van der Waals surface area contributed by atoms with Gasteiger partial charge in [0.1, 0.15) is 18.1 Å². The molecule has 0 aliphatic carbocycles. The van der Waals surface area contributed by atoms with Gasteiger partial charge in [0.2, 0.25) is 0 Å². The molecule has 154 valence electrons. The van der Waals surface area contributed by atoms with Crippen LogP contribution in [0.15, 0.2) is 53.6 Å². The molecule has 29 heavy (non-hydrogen) atoms. The molecule has 3 rings (SSSR count). The highest BCUT2D eigenvalue weighted by Gasteiger charge is 2.61. The number of rotatable bonds is 6. The highest BCUT2D eigenvalue weighted by atomic mass is 19.4. The van der Waals surface area contributed by atoms with Crippen LogP contribution in [0.5, 0.6) is 11.5 Å². The minimum atomic E-state index is -5.03. The summed E-state index contributed by atoms with van der Waals surface area (Å²) in [5.41, 5.74) is -2.82. The van der Waals surface area contributed by atoms with E-state index in [4.69, 9.17) is 9.47 Å². The Morgan fingerprint density at radius 2 is 1.83 bits per heavy atom. The van der Waals surface area contributed by atoms with Crippen LogP contribution in [0.4, 0.5) is 13.2 Å². The van der Waals surface area contributed by atoms with Crippen molar-refractivity contribution >= 4 is 12.1 Å². The Labute approximate surface area is 165 Å². The quantitative estimate of drug-likeness (QED) is 0.790. The van der Waals surface area contributed by atoms with E-state index in [1.165, 1.54) is 18.2 Å². The molecular weight excluding hydrogens is 389 g/mol. The van der Waals surface area contributed by atoms with E-state index in [0.717, 1.165) is 6.21 Å². The number of nitrogens with zero attached hydrogens (tertiary/aromatic N) is 2. The molecule has 1 aliphatic rings. The molecule has 1 aliphatic heterocycles. The number of amides is 1. The molecule has 0 spiro atoms. The van der Waals surface area contributed by atoms with E-state index in [1.54, 1.807) is 30.3 Å². The maximum atomic E-state index is 13.2. The van der Waals surface area contributed by atoms with Gasteiger partial charge in [-0.25, -0.2) is 0 Å². The number of benzene rings is 2. The summed E-state index contributed by atoms with van der Waals surface area (Å²) in [7, 11) is 0. The lowest BCUT2D eigenvalue weighted by molar-refractivity contribution is -0.297. The molecule has 6 nitrogen and oxygen atoms in total. The lowest BCUT2D eigenvalue weighted by Gasteiger charge is -2.32. The maximum Gasteiger partial charge on any atom is 0.438 e. The minimum Gasteiger partial charge on any atom is -0.494 e. The average Bonchev–Trinajstić information content (AvgIpc) is 3.10. The Morgan fingerprint density at radius 3 is 2.45 bits per heavy atom. The average molecular weight is 408 g/mol. The third-order valence-corrected chi connectivity index (χ3v) is 4.28. The molecule has 0 unspecified atom stereocenters. The first-order chi connectivity index (χ1) is 13.7. The van der Waals surface area contributed by atoms with Crippen molar-refractivity contribution in [1.29, 1.82) is 0 Å². The third kappa shape index (κ3) is 4.34. The van der Waals surface area contributed by atoms with Gasteiger partial charge >= 0.3 is 6.18 Å². The van der Waals surface area contributed by atoms with Crippen LogP contribution in [0.1, 0.15) is 29.3 Å². The van der Waals surface area contributed by atoms with E-state index >= 15 is 0 Å². The molecule has 0 aromatic heterocycles. The fourth-order valence-corrected chi connectivity index (χ4v) is 2.77. The number of halogens is 3. The standard InChI is InChI=1S/C20H19F3N2O4/c1-2-28-16-6-8-17(9-7-16)29-13-14-4-3-5-15(12-14)18(26)25-19(27,10-11-24-25)20(21,22)23/h3-9,11-12,27H,2,10,13H2,1H3/t19-/m1/s1. The number of ether oxygens (including phenoxy) is 2. The molecular formula is C20H19F3N2O4. The van der Waals surface area contributed by atoms with Crippen LogP contribution in [0.2, 0.25) is 0 Å². The predicted molar refractivity (Wildman–Crippen MR) is 98.7 cm³/mol. The summed E-state index contributed by atoms with van der Waals surface area (Å²) >= 11 is 0. The summed E-state index contributed by atoms with van der Waals surface area (Å²) in [5.74, 6) is 0.220. The number of hydrogen-bond donors (Lipinski definition) is 1. The third-order valence-electron chi connectivity index (χ3n) is 4.28. The Bertz CT molecular complexity index is 899. The van der Waals surface area contributed by atoms with Gasteiger partial charge in [0, 0.05) is 18.2 Å². The van der Waals surface area contributed by atoms with Crippen molar-refractivity contribution in [1.82, 2.24) is 5.01 Å². The Morgan fingerprint density at radius 1 is 1.17 bits per heavy atom. The first kappa shape index (κ1) is 20.7. The van der Waals surface area contributed by atoms with Gasteiger partial charge < -0.3 is 14.6 Å². The van der Waals surface area contributed by atoms with Gasteiger partial charge in [-0.2, -0.15) is 23.3 Å². The first-order valence-corrected chi connectivity index (χ1v) is 8.85. The Kier molecular flexibility index (Phi) is 5.78. The maximum absolute atomic E-state index is 13.2. The largest absolute Gasteiger partial charge is 0.494 e. The van der Waals surface area contributed by atoms with E-state index in [9.17, 15) is 23.1 Å². The number of carbonyl (C=O) groups is 1. The summed E-state index contributed by atoms with van der Waals surface area (Å²) in [6.07, 6.45) is -4.99. The molecule has 1 heterocycles. The van der Waals surface area contributed by atoms with Crippen molar-refractivity contribution in [2.24, 2.45) is 5.10 Å². The van der Waals surface area contributed by atoms with Gasteiger partial charge in [0.15, 0.2) is 0 Å². The van der Waals surface area contributed by atoms with Gasteiger partial charge in [0.25, 0.3) is 11.6 Å². The summed E-state index contributed by atoms with van der Waals surface area (Å²) in [6.45, 7) is 2.52. The van der Waals surface area contributed by atoms with Crippen LogP contribution in [-0.2, 0) is 6.61 Å². The predicted octanol–water partition coefficient (Wildman–Crippen LogP) is 3.75. The smallest absolute Gasteiger partial charge is 0.438 e. The fraction of sp³-hybridized carbons (Fsp3) is 0.300. The highest BCUT2D eigenvalue weighted by Crippen LogP contribution is 2.39. The highest BCUT2D eigenvalue weighted by molar-refractivity contribution is 5.96. The second-order valence-corrected chi connectivity index (χ2v) is 6.33. The van der Waals surface area contributed by atoms with Crippen LogP contribution >= 0.6 is 0 Å². The van der Waals surface area contributed by atoms with Gasteiger partial charge in [-0.15, -0.1) is 0 Å². The first-order valence-electron chi connectivity index (χ1n) is 8.85. The Hall–Kier alpha value is -3.07. The number of aliphatic hydroxyl groups is 1. The molecule has 0 saturated carbocycles. The second-order valence-electron chi connectivity index (χ2n) is 6.33. The van der Waals surface area contributed by atoms with Crippen molar-refractivity contribution in [3.8, 4) is 11.5 Å². The van der Waals surface area contributed by atoms with Crippen LogP contribution in [-0.4, -0.2) is 40.7 Å². The van der Waals surface area contributed by atoms with E-state index < -0.39 is 24.2 Å². The van der Waals surface area contributed by atoms with Crippen LogP contribution in [0.3, 0.4) is 0 Å². The number of hydrogen-bond acceptors (Lipinski definition) is 5. The molecule has 9 heteroatoms. The Balaban J connectivity index is 1.70. The van der Waals surface area contributed by atoms with Gasteiger partial charge in [-0.3, -0.25) is 4.79 Å². The van der Waals surface area contributed by atoms with E-state index in [1.807, 2.05) is 6.92 Å². The molecule has 1 atom stereocenters. The van der Waals surface area contributed by atoms with Crippen molar-refractivity contribution < 1.29 is 32.5 Å². The summed E-state index contributed by atoms with van der Waals surface area (Å²) in [5, 5.41) is 13.4. The van der Waals surface area contributed by atoms with Crippen LogP contribution < -0.4 is 9.47 Å². The lowest BCUT2D eigenvalue weighted by Crippen LogP contribution is -2.56. The zero-order valence-electron chi connectivity index (χ0n) is 15.5. The second kappa shape index (κ2) is 8.12. The van der Waals surface area contributed by atoms with Crippen LogP contribution in [0.25, 0.3) is 0 Å². The normalized spacial score (nSPS) is 18.7. The SMILES string of the molecule is CCOc1ccc(OCc2cccc(C(=O)N3N=CC[C@@]3(O)C(F)(F)F)c2)cc1. The molecule has 0 fully saturated rings. The van der Waals surface area contributed by atoms with Crippen molar-refractivity contribution in [2.75, 3.05) is 6.61 Å². The zero-order valence-corrected chi connectivity index (χ0v) is 15.5.